The van der Waals surface area contributed by atoms with Crippen molar-refractivity contribution in [3.05, 3.63) is 51.2 Å². The van der Waals surface area contributed by atoms with Crippen LogP contribution in [0, 0.1) is 0 Å². The Hall–Kier alpha value is -0.840. The lowest BCUT2D eigenvalue weighted by Gasteiger charge is -2.10. The molecule has 84 valence electrons. The zero-order valence-corrected chi connectivity index (χ0v) is 10.9. The molecule has 0 aliphatic rings. The van der Waals surface area contributed by atoms with Crippen molar-refractivity contribution < 1.29 is 5.11 Å². The van der Waals surface area contributed by atoms with Crippen molar-refractivity contribution in [2.24, 2.45) is 7.05 Å². The fourth-order valence-electron chi connectivity index (χ4n) is 1.46. The molecule has 0 aliphatic carbocycles. The number of hydrogen-bond acceptors (Lipinski definition) is 2. The Balaban J connectivity index is 2.37. The highest BCUT2D eigenvalue weighted by Gasteiger charge is 2.16. The van der Waals surface area contributed by atoms with Crippen LogP contribution in [0.25, 0.3) is 0 Å². The standard InChI is InChI=1S/C11H10BrClN2O/c1-15-5-4-10(14-15)11(16)8-3-2-7(12)6-9(8)13/h2-6,11,16H,1H3. The maximum atomic E-state index is 10.1. The van der Waals surface area contributed by atoms with Crippen molar-refractivity contribution in [2.45, 2.75) is 6.10 Å². The van der Waals surface area contributed by atoms with Crippen LogP contribution in [0.15, 0.2) is 34.9 Å². The van der Waals surface area contributed by atoms with E-state index in [4.69, 9.17) is 11.6 Å². The van der Waals surface area contributed by atoms with Gasteiger partial charge in [0.15, 0.2) is 0 Å². The fourth-order valence-corrected chi connectivity index (χ4v) is 2.24. The minimum Gasteiger partial charge on any atom is -0.382 e. The molecule has 0 saturated heterocycles. The van der Waals surface area contributed by atoms with Crippen LogP contribution in [0.3, 0.4) is 0 Å². The van der Waals surface area contributed by atoms with E-state index in [0.29, 0.717) is 16.3 Å². The number of aliphatic hydroxyl groups is 1. The summed E-state index contributed by atoms with van der Waals surface area (Å²) in [5, 5.41) is 14.8. The maximum Gasteiger partial charge on any atom is 0.124 e. The summed E-state index contributed by atoms with van der Waals surface area (Å²) in [7, 11) is 1.80. The highest BCUT2D eigenvalue weighted by atomic mass is 79.9. The second-order valence-corrected chi connectivity index (χ2v) is 4.81. The zero-order chi connectivity index (χ0) is 11.7. The van der Waals surface area contributed by atoms with Gasteiger partial charge in [0.1, 0.15) is 6.10 Å². The normalized spacial score (nSPS) is 12.8. The van der Waals surface area contributed by atoms with Crippen LogP contribution in [0.1, 0.15) is 17.4 Å². The number of aliphatic hydroxyl groups excluding tert-OH is 1. The van der Waals surface area contributed by atoms with Crippen LogP contribution in [0.2, 0.25) is 5.02 Å². The molecule has 0 saturated carbocycles. The predicted octanol–water partition coefficient (Wildman–Crippen LogP) is 2.92. The molecule has 0 aliphatic heterocycles. The summed E-state index contributed by atoms with van der Waals surface area (Å²) in [6, 6.07) is 7.14. The third-order valence-electron chi connectivity index (χ3n) is 2.27. The number of halogens is 2. The van der Waals surface area contributed by atoms with Crippen LogP contribution in [0.5, 0.6) is 0 Å². The van der Waals surface area contributed by atoms with Crippen LogP contribution < -0.4 is 0 Å². The molecule has 1 aromatic carbocycles. The topological polar surface area (TPSA) is 38.0 Å². The first kappa shape index (κ1) is 11.6. The first-order valence-corrected chi connectivity index (χ1v) is 5.87. The van der Waals surface area contributed by atoms with Gasteiger partial charge in [-0.15, -0.1) is 0 Å². The molecular weight excluding hydrogens is 291 g/mol. The van der Waals surface area contributed by atoms with E-state index in [0.717, 1.165) is 4.47 Å². The van der Waals surface area contributed by atoms with Crippen molar-refractivity contribution in [3.8, 4) is 0 Å². The molecule has 0 radical (unpaired) electrons. The highest BCUT2D eigenvalue weighted by Crippen LogP contribution is 2.29. The molecule has 1 atom stereocenters. The van der Waals surface area contributed by atoms with E-state index >= 15 is 0 Å². The average molecular weight is 302 g/mol. The molecular formula is C11H10BrClN2O. The van der Waals surface area contributed by atoms with Crippen molar-refractivity contribution in [1.29, 1.82) is 0 Å². The molecule has 2 rings (SSSR count). The van der Waals surface area contributed by atoms with Gasteiger partial charge in [0, 0.05) is 28.3 Å². The molecule has 1 aromatic heterocycles. The summed E-state index contributed by atoms with van der Waals surface area (Å²) >= 11 is 9.38. The fraction of sp³-hybridized carbons (Fsp3) is 0.182. The smallest absolute Gasteiger partial charge is 0.124 e. The third kappa shape index (κ3) is 2.29. The summed E-state index contributed by atoms with van der Waals surface area (Å²) in [5.74, 6) is 0. The number of hydrogen-bond donors (Lipinski definition) is 1. The Morgan fingerprint density at radius 1 is 1.44 bits per heavy atom. The maximum absolute atomic E-state index is 10.1. The monoisotopic (exact) mass is 300 g/mol. The van der Waals surface area contributed by atoms with E-state index in [1.54, 1.807) is 36.1 Å². The second-order valence-electron chi connectivity index (χ2n) is 3.48. The van der Waals surface area contributed by atoms with Gasteiger partial charge in [0.2, 0.25) is 0 Å². The largest absolute Gasteiger partial charge is 0.382 e. The Labute approximate surface area is 107 Å². The molecule has 5 heteroatoms. The molecule has 0 fully saturated rings. The van der Waals surface area contributed by atoms with Gasteiger partial charge in [-0.1, -0.05) is 33.6 Å². The van der Waals surface area contributed by atoms with Gasteiger partial charge in [0.05, 0.1) is 5.69 Å². The predicted molar refractivity (Wildman–Crippen MR) is 66.4 cm³/mol. The first-order chi connectivity index (χ1) is 7.58. The molecule has 1 N–H and O–H groups in total. The number of aromatic nitrogens is 2. The number of rotatable bonds is 2. The Morgan fingerprint density at radius 2 is 2.19 bits per heavy atom. The van der Waals surface area contributed by atoms with Gasteiger partial charge < -0.3 is 5.11 Å². The van der Waals surface area contributed by atoms with Crippen molar-refractivity contribution in [3.63, 3.8) is 0 Å². The third-order valence-corrected chi connectivity index (χ3v) is 3.09. The average Bonchev–Trinajstić information content (AvgIpc) is 2.64. The first-order valence-electron chi connectivity index (χ1n) is 4.70. The van der Waals surface area contributed by atoms with E-state index in [-0.39, 0.29) is 0 Å². The zero-order valence-electron chi connectivity index (χ0n) is 8.56. The van der Waals surface area contributed by atoms with Gasteiger partial charge in [-0.3, -0.25) is 4.68 Å². The van der Waals surface area contributed by atoms with Crippen molar-refractivity contribution in [1.82, 2.24) is 9.78 Å². The van der Waals surface area contributed by atoms with Crippen LogP contribution >= 0.6 is 27.5 Å². The second kappa shape index (κ2) is 4.57. The minimum atomic E-state index is -0.790. The minimum absolute atomic E-state index is 0.521. The van der Waals surface area contributed by atoms with Crippen LogP contribution in [0.4, 0.5) is 0 Å². The van der Waals surface area contributed by atoms with Gasteiger partial charge in [-0.25, -0.2) is 0 Å². The van der Waals surface area contributed by atoms with Crippen molar-refractivity contribution in [2.75, 3.05) is 0 Å². The molecule has 0 bridgehead atoms. The molecule has 1 heterocycles. The van der Waals surface area contributed by atoms with Crippen LogP contribution in [-0.2, 0) is 7.05 Å². The molecule has 16 heavy (non-hydrogen) atoms. The summed E-state index contributed by atoms with van der Waals surface area (Å²) in [6.07, 6.45) is 0.993. The highest BCUT2D eigenvalue weighted by molar-refractivity contribution is 9.10. The van der Waals surface area contributed by atoms with E-state index in [9.17, 15) is 5.11 Å². The lowest BCUT2D eigenvalue weighted by molar-refractivity contribution is 0.214. The van der Waals surface area contributed by atoms with Gasteiger partial charge in [-0.05, 0) is 18.2 Å². The van der Waals surface area contributed by atoms with Gasteiger partial charge in [0.25, 0.3) is 0 Å². The number of nitrogens with zero attached hydrogens (tertiary/aromatic N) is 2. The summed E-state index contributed by atoms with van der Waals surface area (Å²) < 4.78 is 2.53. The van der Waals surface area contributed by atoms with Crippen LogP contribution in [-0.4, -0.2) is 14.9 Å². The van der Waals surface area contributed by atoms with Gasteiger partial charge >= 0.3 is 0 Å². The Bertz CT molecular complexity index is 512. The Morgan fingerprint density at radius 3 is 2.75 bits per heavy atom. The van der Waals surface area contributed by atoms with E-state index in [2.05, 4.69) is 21.0 Å². The molecule has 1 unspecified atom stereocenters. The Kier molecular flexibility index (Phi) is 3.33. The molecule has 0 amide bonds. The van der Waals surface area contributed by atoms with Crippen molar-refractivity contribution >= 4 is 27.5 Å². The number of benzene rings is 1. The molecule has 2 aromatic rings. The van der Waals surface area contributed by atoms with E-state index in [1.807, 2.05) is 6.07 Å². The summed E-state index contributed by atoms with van der Waals surface area (Å²) in [5.41, 5.74) is 1.25. The lowest BCUT2D eigenvalue weighted by Crippen LogP contribution is -2.02. The summed E-state index contributed by atoms with van der Waals surface area (Å²) in [4.78, 5) is 0. The number of aryl methyl sites for hydroxylation is 1. The lowest BCUT2D eigenvalue weighted by atomic mass is 10.1. The quantitative estimate of drug-likeness (QED) is 0.926. The summed E-state index contributed by atoms with van der Waals surface area (Å²) in [6.45, 7) is 0. The molecule has 3 nitrogen and oxygen atoms in total. The van der Waals surface area contributed by atoms with E-state index < -0.39 is 6.10 Å². The van der Waals surface area contributed by atoms with Gasteiger partial charge in [-0.2, -0.15) is 5.10 Å². The van der Waals surface area contributed by atoms with E-state index in [1.165, 1.54) is 0 Å². The SMILES string of the molecule is Cn1ccc(C(O)c2ccc(Br)cc2Cl)n1. The molecule has 0 spiro atoms.